The maximum absolute atomic E-state index is 11.8. The highest BCUT2D eigenvalue weighted by Gasteiger charge is 2.25. The summed E-state index contributed by atoms with van der Waals surface area (Å²) in [7, 11) is 0. The van der Waals surface area contributed by atoms with Gasteiger partial charge in [0.15, 0.2) is 0 Å². The quantitative estimate of drug-likeness (QED) is 0.381. The fourth-order valence-corrected chi connectivity index (χ4v) is 4.89. The zero-order chi connectivity index (χ0) is 25.9. The number of benzene rings is 2. The van der Waals surface area contributed by atoms with E-state index in [-0.39, 0.29) is 23.9 Å². The molecule has 1 unspecified atom stereocenters. The Morgan fingerprint density at radius 3 is 2.24 bits per heavy atom. The van der Waals surface area contributed by atoms with Crippen LogP contribution in [-0.4, -0.2) is 56.6 Å². The minimum absolute atomic E-state index is 0.0337. The normalized spacial score (nSPS) is 14.8. The minimum atomic E-state index is -0.0337. The second-order valence-corrected chi connectivity index (χ2v) is 9.88. The van der Waals surface area contributed by atoms with Crippen LogP contribution in [0.25, 0.3) is 10.9 Å². The van der Waals surface area contributed by atoms with Crippen molar-refractivity contribution in [3.63, 3.8) is 0 Å². The first-order chi connectivity index (χ1) is 17.9. The lowest BCUT2D eigenvalue weighted by molar-refractivity contribution is -0.129. The van der Waals surface area contributed by atoms with Crippen molar-refractivity contribution in [2.45, 2.75) is 39.3 Å². The topological polar surface area (TPSA) is 86.5 Å². The second-order valence-electron chi connectivity index (χ2n) is 9.88. The van der Waals surface area contributed by atoms with Crippen molar-refractivity contribution >= 4 is 28.6 Å². The Morgan fingerprint density at radius 2 is 1.62 bits per heavy atom. The molecule has 0 bridgehead atoms. The van der Waals surface area contributed by atoms with E-state index >= 15 is 0 Å². The first-order valence-electron chi connectivity index (χ1n) is 12.9. The molecule has 5 rings (SSSR count). The standard InChI is InChI=1S/C29H34N6O2/c1-20(2)35-19-24-26(28(35)37)31-29(34-16-14-33(15-17-34)21(3)36)32-27(24)30-25(23-12-8-5-9-13-23)18-22-10-6-4-7-11-22/h4-13,19-20,25,37H,14-18H2,1-3H3,(H,30,31,32). The first kappa shape index (κ1) is 24.6. The highest BCUT2D eigenvalue weighted by atomic mass is 16.3. The Labute approximate surface area is 217 Å². The van der Waals surface area contributed by atoms with Crippen LogP contribution in [0.5, 0.6) is 5.88 Å². The van der Waals surface area contributed by atoms with Crippen molar-refractivity contribution < 1.29 is 9.90 Å². The number of hydrogen-bond donors (Lipinski definition) is 2. The summed E-state index contributed by atoms with van der Waals surface area (Å²) in [5.41, 5.74) is 2.90. The molecule has 8 nitrogen and oxygen atoms in total. The van der Waals surface area contributed by atoms with E-state index < -0.39 is 0 Å². The van der Waals surface area contributed by atoms with E-state index in [2.05, 4.69) is 46.6 Å². The molecule has 192 valence electrons. The van der Waals surface area contributed by atoms with Crippen molar-refractivity contribution in [2.24, 2.45) is 0 Å². The van der Waals surface area contributed by atoms with E-state index in [0.717, 1.165) is 17.4 Å². The predicted octanol–water partition coefficient (Wildman–Crippen LogP) is 4.78. The van der Waals surface area contributed by atoms with Crippen LogP contribution in [0, 0.1) is 0 Å². The van der Waals surface area contributed by atoms with Gasteiger partial charge in [-0.15, -0.1) is 0 Å². The molecule has 0 aliphatic carbocycles. The van der Waals surface area contributed by atoms with Crippen molar-refractivity contribution in [1.82, 2.24) is 19.4 Å². The van der Waals surface area contributed by atoms with Crippen molar-refractivity contribution in [1.29, 1.82) is 0 Å². The van der Waals surface area contributed by atoms with Crippen molar-refractivity contribution in [3.05, 3.63) is 78.0 Å². The maximum atomic E-state index is 11.8. The van der Waals surface area contributed by atoms with E-state index in [1.807, 2.05) is 53.8 Å². The summed E-state index contributed by atoms with van der Waals surface area (Å²) in [6.07, 6.45) is 2.71. The first-order valence-corrected chi connectivity index (χ1v) is 12.9. The molecular formula is C29H34N6O2. The number of aromatic nitrogens is 3. The van der Waals surface area contributed by atoms with Gasteiger partial charge >= 0.3 is 0 Å². The number of nitrogens with zero attached hydrogens (tertiary/aromatic N) is 5. The highest BCUT2D eigenvalue weighted by Crippen LogP contribution is 2.36. The monoisotopic (exact) mass is 498 g/mol. The zero-order valence-corrected chi connectivity index (χ0v) is 21.6. The molecule has 0 saturated carbocycles. The molecule has 37 heavy (non-hydrogen) atoms. The summed E-state index contributed by atoms with van der Waals surface area (Å²) in [4.78, 5) is 25.5. The fraction of sp³-hybridized carbons (Fsp3) is 0.345. The van der Waals surface area contributed by atoms with Crippen molar-refractivity contribution in [2.75, 3.05) is 36.4 Å². The summed E-state index contributed by atoms with van der Waals surface area (Å²) in [6.45, 7) is 8.19. The molecule has 1 atom stereocenters. The Kier molecular flexibility index (Phi) is 6.99. The number of aromatic hydroxyl groups is 1. The van der Waals surface area contributed by atoms with E-state index in [1.165, 1.54) is 5.56 Å². The number of carbonyl (C=O) groups is 1. The molecule has 1 fully saturated rings. The molecule has 1 aliphatic rings. The Hall–Kier alpha value is -4.07. The van der Waals surface area contributed by atoms with Crippen LogP contribution >= 0.6 is 0 Å². The van der Waals surface area contributed by atoms with Gasteiger partial charge in [-0.2, -0.15) is 4.98 Å². The van der Waals surface area contributed by atoms with Gasteiger partial charge in [-0.25, -0.2) is 4.98 Å². The summed E-state index contributed by atoms with van der Waals surface area (Å²) < 4.78 is 1.83. The molecule has 4 aromatic rings. The number of carbonyl (C=O) groups excluding carboxylic acids is 1. The summed E-state index contributed by atoms with van der Waals surface area (Å²) in [5.74, 6) is 1.46. The predicted molar refractivity (Wildman–Crippen MR) is 147 cm³/mol. The molecule has 1 aliphatic heterocycles. The number of amides is 1. The molecule has 3 heterocycles. The van der Waals surface area contributed by atoms with Gasteiger partial charge in [-0.3, -0.25) is 4.79 Å². The smallest absolute Gasteiger partial charge is 0.228 e. The number of anilines is 2. The lowest BCUT2D eigenvalue weighted by Gasteiger charge is -2.34. The van der Waals surface area contributed by atoms with Crippen LogP contribution in [0.3, 0.4) is 0 Å². The van der Waals surface area contributed by atoms with Gasteiger partial charge in [0.25, 0.3) is 0 Å². The molecule has 1 amide bonds. The molecule has 0 radical (unpaired) electrons. The second kappa shape index (κ2) is 10.5. The number of fused-ring (bicyclic) bond motifs is 1. The van der Waals surface area contributed by atoms with Crippen LogP contribution in [0.2, 0.25) is 0 Å². The molecule has 0 spiro atoms. The van der Waals surface area contributed by atoms with Gasteiger partial charge in [0.2, 0.25) is 17.7 Å². The third kappa shape index (κ3) is 5.23. The number of rotatable bonds is 7. The third-order valence-corrected chi connectivity index (χ3v) is 7.02. The van der Waals surface area contributed by atoms with E-state index in [9.17, 15) is 9.90 Å². The van der Waals surface area contributed by atoms with Gasteiger partial charge in [0.05, 0.1) is 11.4 Å². The minimum Gasteiger partial charge on any atom is -0.493 e. The van der Waals surface area contributed by atoms with Gasteiger partial charge < -0.3 is 24.8 Å². The largest absolute Gasteiger partial charge is 0.493 e. The molecule has 2 aromatic carbocycles. The number of nitrogens with one attached hydrogen (secondary N) is 1. The van der Waals surface area contributed by atoms with Crippen LogP contribution in [0.4, 0.5) is 11.8 Å². The summed E-state index contributed by atoms with van der Waals surface area (Å²) >= 11 is 0. The summed E-state index contributed by atoms with van der Waals surface area (Å²) in [5, 5.41) is 15.6. The van der Waals surface area contributed by atoms with E-state index in [0.29, 0.717) is 43.5 Å². The molecule has 2 aromatic heterocycles. The van der Waals surface area contributed by atoms with Crippen LogP contribution in [-0.2, 0) is 11.2 Å². The van der Waals surface area contributed by atoms with Crippen LogP contribution in [0.1, 0.15) is 44.0 Å². The average Bonchev–Trinajstić information content (AvgIpc) is 3.26. The van der Waals surface area contributed by atoms with E-state index in [4.69, 9.17) is 9.97 Å². The van der Waals surface area contributed by atoms with Gasteiger partial charge in [0, 0.05) is 45.3 Å². The maximum Gasteiger partial charge on any atom is 0.228 e. The SMILES string of the molecule is CC(=O)N1CCN(c2nc(NC(Cc3ccccc3)c3ccccc3)c3cn(C(C)C)c(O)c3n2)CC1. The molecular weight excluding hydrogens is 464 g/mol. The Morgan fingerprint density at radius 1 is 0.973 bits per heavy atom. The Bertz CT molecular complexity index is 1360. The van der Waals surface area contributed by atoms with Gasteiger partial charge in [-0.05, 0) is 31.4 Å². The van der Waals surface area contributed by atoms with E-state index in [1.54, 1.807) is 6.92 Å². The Balaban J connectivity index is 1.56. The van der Waals surface area contributed by atoms with Crippen molar-refractivity contribution in [3.8, 4) is 5.88 Å². The van der Waals surface area contributed by atoms with Gasteiger partial charge in [-0.1, -0.05) is 60.7 Å². The number of piperazine rings is 1. The van der Waals surface area contributed by atoms with Crippen LogP contribution in [0.15, 0.2) is 66.9 Å². The lowest BCUT2D eigenvalue weighted by Crippen LogP contribution is -2.48. The number of hydrogen-bond acceptors (Lipinski definition) is 6. The molecule has 2 N–H and O–H groups in total. The van der Waals surface area contributed by atoms with Crippen LogP contribution < -0.4 is 10.2 Å². The highest BCUT2D eigenvalue weighted by molar-refractivity contribution is 5.94. The third-order valence-electron chi connectivity index (χ3n) is 7.02. The summed E-state index contributed by atoms with van der Waals surface area (Å²) in [6, 6.07) is 20.8. The lowest BCUT2D eigenvalue weighted by atomic mass is 9.99. The van der Waals surface area contributed by atoms with Gasteiger partial charge in [0.1, 0.15) is 11.3 Å². The molecule has 8 heteroatoms. The zero-order valence-electron chi connectivity index (χ0n) is 21.6. The molecule has 1 saturated heterocycles. The fourth-order valence-electron chi connectivity index (χ4n) is 4.89. The average molecular weight is 499 g/mol.